The standard InChI is InChI=1S/C20H27FNOP/c1-6-20(4,17-10-13(2)9-14(3)19(17)23)24-18-8-7-16(21)11-15(18)12-22-5/h7-11,22-24H,6,12H2,1-5H3. The third kappa shape index (κ3) is 3.96. The number of halogens is 1. The number of aryl methyl sites for hydroxylation is 2. The lowest BCUT2D eigenvalue weighted by Crippen LogP contribution is -2.22. The van der Waals surface area contributed by atoms with Crippen molar-refractivity contribution < 1.29 is 9.50 Å². The number of aromatic hydroxyl groups is 1. The van der Waals surface area contributed by atoms with E-state index in [0.29, 0.717) is 20.9 Å². The molecule has 0 aromatic heterocycles. The quantitative estimate of drug-likeness (QED) is 0.754. The third-order valence-electron chi connectivity index (χ3n) is 4.59. The van der Waals surface area contributed by atoms with Crippen LogP contribution in [0.4, 0.5) is 4.39 Å². The van der Waals surface area contributed by atoms with Crippen LogP contribution in [0.5, 0.6) is 5.75 Å². The van der Waals surface area contributed by atoms with Crippen molar-refractivity contribution in [2.24, 2.45) is 0 Å². The summed E-state index contributed by atoms with van der Waals surface area (Å²) < 4.78 is 13.6. The molecule has 2 aromatic rings. The van der Waals surface area contributed by atoms with E-state index in [-0.39, 0.29) is 11.0 Å². The summed E-state index contributed by atoms with van der Waals surface area (Å²) >= 11 is 0. The molecule has 2 unspecified atom stereocenters. The topological polar surface area (TPSA) is 32.3 Å². The third-order valence-corrected chi connectivity index (χ3v) is 6.52. The van der Waals surface area contributed by atoms with Gasteiger partial charge in [0.15, 0.2) is 0 Å². The molecular formula is C20H27FNOP. The summed E-state index contributed by atoms with van der Waals surface area (Å²) in [6.45, 7) is 8.96. The van der Waals surface area contributed by atoms with Gasteiger partial charge in [0.2, 0.25) is 0 Å². The Balaban J connectivity index is 2.49. The maximum atomic E-state index is 13.6. The van der Waals surface area contributed by atoms with Gasteiger partial charge < -0.3 is 10.4 Å². The van der Waals surface area contributed by atoms with E-state index in [1.54, 1.807) is 6.07 Å². The minimum atomic E-state index is -0.207. The molecule has 130 valence electrons. The maximum Gasteiger partial charge on any atom is 0.123 e. The van der Waals surface area contributed by atoms with E-state index in [1.165, 1.54) is 6.07 Å². The predicted octanol–water partition coefficient (Wildman–Crippen LogP) is 4.50. The fraction of sp³-hybridized carbons (Fsp3) is 0.400. The van der Waals surface area contributed by atoms with E-state index < -0.39 is 0 Å². The van der Waals surface area contributed by atoms with Crippen molar-refractivity contribution in [1.82, 2.24) is 5.32 Å². The fourth-order valence-electron chi connectivity index (χ4n) is 3.04. The van der Waals surface area contributed by atoms with Crippen LogP contribution in [0.1, 0.15) is 42.5 Å². The Morgan fingerprint density at radius 1 is 1.21 bits per heavy atom. The van der Waals surface area contributed by atoms with Crippen LogP contribution in [-0.2, 0) is 11.7 Å². The monoisotopic (exact) mass is 347 g/mol. The summed E-state index contributed by atoms with van der Waals surface area (Å²) in [5, 5.41) is 14.7. The van der Waals surface area contributed by atoms with Gasteiger partial charge in [-0.25, -0.2) is 4.39 Å². The van der Waals surface area contributed by atoms with Crippen molar-refractivity contribution in [3.8, 4) is 5.75 Å². The second-order valence-corrected chi connectivity index (χ2v) is 8.51. The maximum absolute atomic E-state index is 13.6. The largest absolute Gasteiger partial charge is 0.507 e. The minimum Gasteiger partial charge on any atom is -0.507 e. The average Bonchev–Trinajstić information content (AvgIpc) is 2.53. The Bertz CT molecular complexity index is 732. The second-order valence-electron chi connectivity index (χ2n) is 6.62. The van der Waals surface area contributed by atoms with Crippen LogP contribution in [0.3, 0.4) is 0 Å². The van der Waals surface area contributed by atoms with Crippen LogP contribution in [0.15, 0.2) is 30.3 Å². The minimum absolute atomic E-state index is 0.179. The lowest BCUT2D eigenvalue weighted by Gasteiger charge is -2.31. The Hall–Kier alpha value is -1.44. The van der Waals surface area contributed by atoms with Crippen molar-refractivity contribution in [2.45, 2.75) is 45.8 Å². The van der Waals surface area contributed by atoms with Gasteiger partial charge >= 0.3 is 0 Å². The van der Waals surface area contributed by atoms with Gasteiger partial charge in [-0.2, -0.15) is 0 Å². The van der Waals surface area contributed by atoms with Crippen molar-refractivity contribution in [2.75, 3.05) is 7.05 Å². The molecule has 0 aliphatic heterocycles. The fourth-order valence-corrected chi connectivity index (χ4v) is 4.63. The molecule has 0 radical (unpaired) electrons. The molecule has 0 heterocycles. The highest BCUT2D eigenvalue weighted by molar-refractivity contribution is 7.48. The van der Waals surface area contributed by atoms with Gasteiger partial charge in [0.25, 0.3) is 0 Å². The van der Waals surface area contributed by atoms with Gasteiger partial charge in [-0.1, -0.05) is 46.2 Å². The zero-order valence-corrected chi connectivity index (χ0v) is 16.1. The van der Waals surface area contributed by atoms with E-state index in [9.17, 15) is 9.50 Å². The van der Waals surface area contributed by atoms with Gasteiger partial charge in [-0.3, -0.25) is 0 Å². The molecule has 4 heteroatoms. The Morgan fingerprint density at radius 2 is 1.92 bits per heavy atom. The Morgan fingerprint density at radius 3 is 2.54 bits per heavy atom. The van der Waals surface area contributed by atoms with Crippen molar-refractivity contribution >= 4 is 13.9 Å². The number of benzene rings is 2. The summed E-state index contributed by atoms with van der Waals surface area (Å²) in [7, 11) is 2.32. The SMILES string of the molecule is CCC(C)(Pc1ccc(F)cc1CNC)c1cc(C)cc(C)c1O. The molecule has 2 aromatic carbocycles. The number of phenolic OH excluding ortho intramolecular Hbond substituents is 1. The molecule has 2 nitrogen and oxygen atoms in total. The van der Waals surface area contributed by atoms with Gasteiger partial charge in [0, 0.05) is 17.3 Å². The van der Waals surface area contributed by atoms with Gasteiger partial charge in [0.1, 0.15) is 11.6 Å². The number of nitrogens with one attached hydrogen (secondary N) is 1. The van der Waals surface area contributed by atoms with Crippen LogP contribution in [0, 0.1) is 19.7 Å². The van der Waals surface area contributed by atoms with Crippen LogP contribution in [0.25, 0.3) is 0 Å². The Labute approximate surface area is 146 Å². The van der Waals surface area contributed by atoms with Crippen molar-refractivity contribution in [3.05, 3.63) is 58.4 Å². The summed E-state index contributed by atoms with van der Waals surface area (Å²) in [5.74, 6) is 0.177. The van der Waals surface area contributed by atoms with Gasteiger partial charge in [-0.15, -0.1) is 0 Å². The van der Waals surface area contributed by atoms with Crippen LogP contribution in [0.2, 0.25) is 0 Å². The molecule has 2 N–H and O–H groups in total. The predicted molar refractivity (Wildman–Crippen MR) is 102 cm³/mol. The second kappa shape index (κ2) is 7.63. The summed E-state index contributed by atoms with van der Waals surface area (Å²) in [6.07, 6.45) is 0.901. The first-order valence-electron chi connectivity index (χ1n) is 8.32. The Kier molecular flexibility index (Phi) is 6.01. The lowest BCUT2D eigenvalue weighted by molar-refractivity contribution is 0.452. The van der Waals surface area contributed by atoms with Crippen LogP contribution >= 0.6 is 8.58 Å². The van der Waals surface area contributed by atoms with E-state index in [0.717, 1.165) is 34.0 Å². The first-order chi connectivity index (χ1) is 11.3. The number of phenols is 1. The van der Waals surface area contributed by atoms with Crippen molar-refractivity contribution in [3.63, 3.8) is 0 Å². The molecule has 0 fully saturated rings. The number of rotatable bonds is 6. The smallest absolute Gasteiger partial charge is 0.123 e. The van der Waals surface area contributed by atoms with Gasteiger partial charge in [0.05, 0.1) is 0 Å². The highest BCUT2D eigenvalue weighted by atomic mass is 31.1. The first-order valence-corrected chi connectivity index (χ1v) is 9.32. The van der Waals surface area contributed by atoms with E-state index in [4.69, 9.17) is 0 Å². The first kappa shape index (κ1) is 18.9. The van der Waals surface area contributed by atoms with Gasteiger partial charge in [-0.05, 0) is 55.9 Å². The molecule has 0 aliphatic rings. The van der Waals surface area contributed by atoms with E-state index >= 15 is 0 Å². The van der Waals surface area contributed by atoms with E-state index in [1.807, 2.05) is 26.1 Å². The summed E-state index contributed by atoms with van der Waals surface area (Å²) in [5.41, 5.74) is 4.03. The van der Waals surface area contributed by atoms with E-state index in [2.05, 4.69) is 32.2 Å². The zero-order chi connectivity index (χ0) is 17.9. The molecular weight excluding hydrogens is 320 g/mol. The molecule has 0 amide bonds. The summed E-state index contributed by atoms with van der Waals surface area (Å²) in [6, 6.07) is 9.10. The molecule has 0 aliphatic carbocycles. The molecule has 2 rings (SSSR count). The lowest BCUT2D eigenvalue weighted by atomic mass is 9.93. The average molecular weight is 347 g/mol. The highest BCUT2D eigenvalue weighted by Gasteiger charge is 2.29. The zero-order valence-electron chi connectivity index (χ0n) is 15.1. The van der Waals surface area contributed by atoms with Crippen molar-refractivity contribution in [1.29, 1.82) is 0 Å². The normalized spacial score (nSPS) is 14.2. The molecule has 2 atom stereocenters. The molecule has 0 saturated carbocycles. The number of hydrogen-bond acceptors (Lipinski definition) is 2. The molecule has 0 spiro atoms. The molecule has 24 heavy (non-hydrogen) atoms. The van der Waals surface area contributed by atoms with Crippen LogP contribution in [-0.4, -0.2) is 12.2 Å². The van der Waals surface area contributed by atoms with Crippen LogP contribution < -0.4 is 10.6 Å². The number of hydrogen-bond donors (Lipinski definition) is 2. The highest BCUT2D eigenvalue weighted by Crippen LogP contribution is 2.48. The molecule has 0 saturated heterocycles. The summed E-state index contributed by atoms with van der Waals surface area (Å²) in [4.78, 5) is 0. The molecule has 0 bridgehead atoms.